The van der Waals surface area contributed by atoms with E-state index in [2.05, 4.69) is 10.2 Å². The fraction of sp³-hybridized carbons (Fsp3) is 0.444. The van der Waals surface area contributed by atoms with Crippen molar-refractivity contribution in [2.24, 2.45) is 0 Å². The van der Waals surface area contributed by atoms with Gasteiger partial charge in [0.2, 0.25) is 5.91 Å². The predicted molar refractivity (Wildman–Crippen MR) is 172 cm³/mol. The van der Waals surface area contributed by atoms with Crippen LogP contribution in [0.25, 0.3) is 0 Å². The van der Waals surface area contributed by atoms with E-state index >= 15 is 0 Å². The highest BCUT2D eigenvalue weighted by Gasteiger charge is 2.41. The van der Waals surface area contributed by atoms with Gasteiger partial charge in [-0.3, -0.25) is 19.4 Å². The van der Waals surface area contributed by atoms with E-state index in [9.17, 15) is 53.5 Å². The van der Waals surface area contributed by atoms with Gasteiger partial charge in [0.15, 0.2) is 0 Å². The van der Waals surface area contributed by atoms with Gasteiger partial charge >= 0.3 is 18.5 Å². The van der Waals surface area contributed by atoms with Gasteiger partial charge in [-0.15, -0.1) is 0 Å². The molecule has 6 nitrogen and oxygen atoms in total. The number of para-hydroxylation sites is 1. The van der Waals surface area contributed by atoms with Crippen molar-refractivity contribution < 1.29 is 53.5 Å². The van der Waals surface area contributed by atoms with Crippen molar-refractivity contribution in [3.05, 3.63) is 99.4 Å². The third-order valence-electron chi connectivity index (χ3n) is 9.58. The summed E-state index contributed by atoms with van der Waals surface area (Å²) in [6, 6.07) is 6.80. The highest BCUT2D eigenvalue weighted by molar-refractivity contribution is 5.95. The van der Waals surface area contributed by atoms with Gasteiger partial charge in [0, 0.05) is 56.1 Å². The van der Waals surface area contributed by atoms with Crippen molar-refractivity contribution in [3.8, 4) is 0 Å². The number of alkyl halides is 9. The fourth-order valence-corrected chi connectivity index (χ4v) is 6.95. The summed E-state index contributed by atoms with van der Waals surface area (Å²) in [4.78, 5) is 31.7. The van der Waals surface area contributed by atoms with Crippen molar-refractivity contribution in [1.82, 2.24) is 14.7 Å². The molecule has 2 fully saturated rings. The van der Waals surface area contributed by atoms with Crippen LogP contribution < -0.4 is 5.32 Å². The molecule has 0 bridgehead atoms. The molecule has 282 valence electrons. The van der Waals surface area contributed by atoms with Gasteiger partial charge < -0.3 is 10.2 Å². The number of benzene rings is 3. The fourth-order valence-electron chi connectivity index (χ4n) is 6.95. The lowest BCUT2D eigenvalue weighted by molar-refractivity contribution is -0.143. The van der Waals surface area contributed by atoms with E-state index in [1.807, 2.05) is 36.9 Å². The highest BCUT2D eigenvalue weighted by Crippen LogP contribution is 2.38. The third-order valence-corrected chi connectivity index (χ3v) is 9.58. The summed E-state index contributed by atoms with van der Waals surface area (Å²) in [6.45, 7) is 5.67. The maximum Gasteiger partial charge on any atom is 0.416 e. The molecular weight excluding hydrogens is 710 g/mol. The molecule has 2 aliphatic heterocycles. The summed E-state index contributed by atoms with van der Waals surface area (Å²) in [6.07, 6.45) is -15.3. The number of piperazine rings is 1. The Labute approximate surface area is 293 Å². The second kappa shape index (κ2) is 15.0. The smallest absolute Gasteiger partial charge is 0.335 e. The van der Waals surface area contributed by atoms with Gasteiger partial charge in [-0.2, -0.15) is 39.5 Å². The SMILES string of the molecule is Cc1cccc(C)c1NC(=O)CN1CCN([C@@H]2CCN(C(=O)c3cc(C(F)(F)F)cc(C(F)(F)F)c3)[C@H](Cc3cc(F)cc(C(F)(F)F)c3)C2)CC1. The molecule has 2 saturated heterocycles. The Balaban J connectivity index is 1.35. The molecule has 0 unspecified atom stereocenters. The van der Waals surface area contributed by atoms with Gasteiger partial charge in [-0.1, -0.05) is 18.2 Å². The molecule has 0 radical (unpaired) electrons. The zero-order valence-corrected chi connectivity index (χ0v) is 28.2. The van der Waals surface area contributed by atoms with Crippen molar-refractivity contribution in [1.29, 1.82) is 0 Å². The first-order valence-electron chi connectivity index (χ1n) is 16.5. The van der Waals surface area contributed by atoms with Crippen LogP contribution in [0.4, 0.5) is 49.6 Å². The Morgan fingerprint density at radius 3 is 1.87 bits per heavy atom. The summed E-state index contributed by atoms with van der Waals surface area (Å²) < 4.78 is 137. The number of rotatable bonds is 7. The predicted octanol–water partition coefficient (Wildman–Crippen LogP) is 7.97. The van der Waals surface area contributed by atoms with Crippen LogP contribution in [0.5, 0.6) is 0 Å². The maximum atomic E-state index is 14.4. The van der Waals surface area contributed by atoms with E-state index in [0.717, 1.165) is 27.8 Å². The number of hydrogen-bond acceptors (Lipinski definition) is 4. The molecule has 3 aromatic rings. The molecule has 5 rings (SSSR count). The Bertz CT molecular complexity index is 1730. The largest absolute Gasteiger partial charge is 0.416 e. The average Bonchev–Trinajstić information content (AvgIpc) is 3.05. The highest BCUT2D eigenvalue weighted by atomic mass is 19.4. The minimum atomic E-state index is -5.21. The second-order valence-electron chi connectivity index (χ2n) is 13.3. The molecule has 0 aliphatic carbocycles. The van der Waals surface area contributed by atoms with E-state index < -0.39 is 58.5 Å². The van der Waals surface area contributed by atoms with Crippen LogP contribution in [-0.2, 0) is 29.7 Å². The Morgan fingerprint density at radius 1 is 0.750 bits per heavy atom. The molecule has 52 heavy (non-hydrogen) atoms. The van der Waals surface area contributed by atoms with Crippen LogP contribution in [0.1, 0.15) is 56.6 Å². The Kier molecular flexibility index (Phi) is 11.3. The van der Waals surface area contributed by atoms with Crippen LogP contribution >= 0.6 is 0 Å². The molecule has 2 aliphatic rings. The van der Waals surface area contributed by atoms with Gasteiger partial charge in [-0.25, -0.2) is 4.39 Å². The molecule has 16 heteroatoms. The van der Waals surface area contributed by atoms with Crippen LogP contribution in [0.15, 0.2) is 54.6 Å². The molecule has 2 amide bonds. The number of nitrogens with one attached hydrogen (secondary N) is 1. The van der Waals surface area contributed by atoms with E-state index in [0.29, 0.717) is 50.4 Å². The third kappa shape index (κ3) is 9.43. The van der Waals surface area contributed by atoms with E-state index in [1.54, 1.807) is 0 Å². The number of piperidine rings is 1. The lowest BCUT2D eigenvalue weighted by atomic mass is 9.89. The van der Waals surface area contributed by atoms with Crippen molar-refractivity contribution in [2.75, 3.05) is 44.6 Å². The minimum Gasteiger partial charge on any atom is -0.335 e. The van der Waals surface area contributed by atoms with Crippen LogP contribution in [0.3, 0.4) is 0 Å². The Morgan fingerprint density at radius 2 is 1.31 bits per heavy atom. The molecule has 3 aromatic carbocycles. The number of nitrogens with zero attached hydrogens (tertiary/aromatic N) is 3. The average molecular weight is 747 g/mol. The van der Waals surface area contributed by atoms with Crippen LogP contribution in [0, 0.1) is 19.7 Å². The monoisotopic (exact) mass is 746 g/mol. The number of likely N-dealkylation sites (tertiary alicyclic amines) is 1. The molecular formula is C36H36F10N4O2. The molecule has 2 heterocycles. The van der Waals surface area contributed by atoms with E-state index in [1.165, 1.54) is 0 Å². The van der Waals surface area contributed by atoms with Gasteiger partial charge in [-0.05, 0) is 86.2 Å². The zero-order chi connectivity index (χ0) is 38.2. The number of amides is 2. The topological polar surface area (TPSA) is 55.9 Å². The van der Waals surface area contributed by atoms with Crippen molar-refractivity contribution >= 4 is 17.5 Å². The van der Waals surface area contributed by atoms with Gasteiger partial charge in [0.1, 0.15) is 5.82 Å². The summed E-state index contributed by atoms with van der Waals surface area (Å²) in [5.41, 5.74) is -3.10. The number of carbonyl (C=O) groups is 2. The van der Waals surface area contributed by atoms with E-state index in [-0.39, 0.29) is 55.9 Å². The van der Waals surface area contributed by atoms with Gasteiger partial charge in [0.05, 0.1) is 23.2 Å². The molecule has 0 spiro atoms. The minimum absolute atomic E-state index is 0.0983. The summed E-state index contributed by atoms with van der Waals surface area (Å²) >= 11 is 0. The van der Waals surface area contributed by atoms with Crippen LogP contribution in [0.2, 0.25) is 0 Å². The van der Waals surface area contributed by atoms with Crippen molar-refractivity contribution in [2.45, 2.75) is 63.7 Å². The number of halogens is 10. The quantitative estimate of drug-likeness (QED) is 0.250. The lowest BCUT2D eigenvalue weighted by Crippen LogP contribution is -2.57. The van der Waals surface area contributed by atoms with Crippen molar-refractivity contribution in [3.63, 3.8) is 0 Å². The summed E-state index contributed by atoms with van der Waals surface area (Å²) in [7, 11) is 0. The standard InChI is InChI=1S/C36H36F10N4O2/c1-21-4-3-5-22(2)32(21)47-31(51)20-48-8-10-49(11-9-48)29-6-7-50(30(19-29)14-23-12-25(34(38,39)40)18-28(37)13-23)33(52)24-15-26(35(41,42)43)17-27(16-24)36(44,45)46/h3-5,12-13,15-18,29-30H,6-11,14,19-20H2,1-2H3,(H,47,51)/t29-,30-/m1/s1. The number of aryl methyl sites for hydroxylation is 2. The summed E-state index contributed by atoms with van der Waals surface area (Å²) in [5.74, 6) is -2.55. The first-order valence-corrected chi connectivity index (χ1v) is 16.5. The lowest BCUT2D eigenvalue weighted by Gasteiger charge is -2.46. The number of hydrogen-bond donors (Lipinski definition) is 1. The molecule has 1 N–H and O–H groups in total. The van der Waals surface area contributed by atoms with E-state index in [4.69, 9.17) is 0 Å². The number of anilines is 1. The second-order valence-corrected chi connectivity index (χ2v) is 13.3. The summed E-state index contributed by atoms with van der Waals surface area (Å²) in [5, 5.41) is 2.95. The van der Waals surface area contributed by atoms with Crippen LogP contribution in [-0.4, -0.2) is 77.9 Å². The zero-order valence-electron chi connectivity index (χ0n) is 28.2. The van der Waals surface area contributed by atoms with Gasteiger partial charge in [0.25, 0.3) is 5.91 Å². The molecule has 0 aromatic heterocycles. The normalized spacial score (nSPS) is 19.5. The Hall–Kier alpha value is -4.18. The first kappa shape index (κ1) is 39.0. The molecule has 2 atom stereocenters. The molecule has 0 saturated carbocycles. The first-order chi connectivity index (χ1) is 24.2. The number of carbonyl (C=O) groups excluding carboxylic acids is 2. The maximum absolute atomic E-state index is 14.4.